The van der Waals surface area contributed by atoms with Crippen LogP contribution in [0.1, 0.15) is 49.5 Å². The van der Waals surface area contributed by atoms with Crippen LogP contribution in [0.15, 0.2) is 12.4 Å². The second-order valence-electron chi connectivity index (χ2n) is 4.92. The van der Waals surface area contributed by atoms with Gasteiger partial charge in [-0.2, -0.15) is 0 Å². The monoisotopic (exact) mass is 262 g/mol. The number of hydrogen-bond donors (Lipinski definition) is 1. The molecule has 0 radical (unpaired) electrons. The molecule has 1 N–H and O–H groups in total. The van der Waals surface area contributed by atoms with Gasteiger partial charge in [-0.3, -0.25) is 4.79 Å². The average molecular weight is 262 g/mol. The first kappa shape index (κ1) is 13.8. The smallest absolute Gasteiger partial charge is 0.272 e. The van der Waals surface area contributed by atoms with Crippen LogP contribution in [-0.2, 0) is 0 Å². The molecular weight excluding hydrogens is 240 g/mol. The van der Waals surface area contributed by atoms with Gasteiger partial charge in [0.05, 0.1) is 0 Å². The molecule has 1 amide bonds. The second-order valence-corrected chi connectivity index (χ2v) is 4.92. The fourth-order valence-corrected chi connectivity index (χ4v) is 2.24. The molecule has 104 valence electrons. The Labute approximate surface area is 114 Å². The van der Waals surface area contributed by atoms with Gasteiger partial charge in [0.15, 0.2) is 0 Å². The summed E-state index contributed by atoms with van der Waals surface area (Å²) < 4.78 is 0. The van der Waals surface area contributed by atoms with E-state index in [1.807, 2.05) is 4.90 Å². The van der Waals surface area contributed by atoms with Gasteiger partial charge in [0.2, 0.25) is 0 Å². The zero-order valence-electron chi connectivity index (χ0n) is 11.6. The molecule has 0 aromatic carbocycles. The number of unbranched alkanes of at least 4 members (excludes halogenated alkanes) is 2. The zero-order chi connectivity index (χ0) is 13.5. The van der Waals surface area contributed by atoms with Crippen molar-refractivity contribution in [2.24, 2.45) is 0 Å². The molecule has 1 aromatic heterocycles. The molecule has 0 saturated carbocycles. The maximum atomic E-state index is 12.2. The first-order valence-electron chi connectivity index (χ1n) is 7.16. The number of nitrogens with zero attached hydrogens (tertiary/aromatic N) is 3. The van der Waals surface area contributed by atoms with E-state index in [0.29, 0.717) is 5.69 Å². The van der Waals surface area contributed by atoms with Gasteiger partial charge in [0.1, 0.15) is 17.8 Å². The number of carbonyl (C=O) groups is 1. The van der Waals surface area contributed by atoms with Crippen molar-refractivity contribution in [3.05, 3.63) is 18.1 Å². The zero-order valence-corrected chi connectivity index (χ0v) is 11.6. The minimum atomic E-state index is 0.0245. The summed E-state index contributed by atoms with van der Waals surface area (Å²) in [5, 5.41) is 3.24. The van der Waals surface area contributed by atoms with Gasteiger partial charge in [0.25, 0.3) is 5.91 Å². The second kappa shape index (κ2) is 7.07. The Hall–Kier alpha value is -1.65. The van der Waals surface area contributed by atoms with Crippen molar-refractivity contribution >= 4 is 11.7 Å². The number of anilines is 1. The molecule has 0 bridgehead atoms. The van der Waals surface area contributed by atoms with Crippen LogP contribution in [-0.4, -0.2) is 40.4 Å². The van der Waals surface area contributed by atoms with Gasteiger partial charge in [-0.25, -0.2) is 9.97 Å². The summed E-state index contributed by atoms with van der Waals surface area (Å²) in [6, 6.07) is 1.76. The van der Waals surface area contributed by atoms with Crippen molar-refractivity contribution in [2.75, 3.05) is 25.0 Å². The first-order chi connectivity index (χ1) is 9.31. The molecule has 0 unspecified atom stereocenters. The highest BCUT2D eigenvalue weighted by Gasteiger charge is 2.20. The molecule has 1 aliphatic heterocycles. The SMILES string of the molecule is CCCCCNc1cc(C(=O)N2CCCC2)ncn1. The van der Waals surface area contributed by atoms with Crippen LogP contribution in [0.4, 0.5) is 5.82 Å². The number of nitrogens with one attached hydrogen (secondary N) is 1. The Morgan fingerprint density at radius 2 is 2.11 bits per heavy atom. The van der Waals surface area contributed by atoms with Crippen LogP contribution in [0.2, 0.25) is 0 Å². The van der Waals surface area contributed by atoms with Crippen LogP contribution < -0.4 is 5.32 Å². The summed E-state index contributed by atoms with van der Waals surface area (Å²) >= 11 is 0. The number of likely N-dealkylation sites (tertiary alicyclic amines) is 1. The number of aromatic nitrogens is 2. The van der Waals surface area contributed by atoms with Crippen LogP contribution in [0.25, 0.3) is 0 Å². The van der Waals surface area contributed by atoms with Crippen LogP contribution in [0.5, 0.6) is 0 Å². The molecule has 2 heterocycles. The topological polar surface area (TPSA) is 58.1 Å². The Morgan fingerprint density at radius 3 is 2.84 bits per heavy atom. The molecule has 1 aliphatic rings. The third kappa shape index (κ3) is 3.91. The lowest BCUT2D eigenvalue weighted by atomic mass is 10.2. The Kier molecular flexibility index (Phi) is 5.12. The van der Waals surface area contributed by atoms with Crippen molar-refractivity contribution in [1.82, 2.24) is 14.9 Å². The molecular formula is C14H22N4O. The van der Waals surface area contributed by atoms with Gasteiger partial charge >= 0.3 is 0 Å². The van der Waals surface area contributed by atoms with Crippen molar-refractivity contribution in [2.45, 2.75) is 39.0 Å². The molecule has 0 spiro atoms. The van der Waals surface area contributed by atoms with Crippen molar-refractivity contribution in [3.63, 3.8) is 0 Å². The van der Waals surface area contributed by atoms with Crippen LogP contribution in [0, 0.1) is 0 Å². The molecule has 2 rings (SSSR count). The quantitative estimate of drug-likeness (QED) is 0.799. The van der Waals surface area contributed by atoms with E-state index in [1.165, 1.54) is 19.2 Å². The molecule has 1 saturated heterocycles. The van der Waals surface area contributed by atoms with E-state index in [1.54, 1.807) is 6.07 Å². The fourth-order valence-electron chi connectivity index (χ4n) is 2.24. The molecule has 0 aliphatic carbocycles. The van der Waals surface area contributed by atoms with E-state index in [-0.39, 0.29) is 5.91 Å². The maximum absolute atomic E-state index is 12.2. The summed E-state index contributed by atoms with van der Waals surface area (Å²) in [5.74, 6) is 0.769. The lowest BCUT2D eigenvalue weighted by Crippen LogP contribution is -2.28. The summed E-state index contributed by atoms with van der Waals surface area (Å²) in [4.78, 5) is 22.3. The minimum Gasteiger partial charge on any atom is -0.370 e. The van der Waals surface area contributed by atoms with E-state index in [9.17, 15) is 4.79 Å². The molecule has 19 heavy (non-hydrogen) atoms. The van der Waals surface area contributed by atoms with Crippen molar-refractivity contribution in [1.29, 1.82) is 0 Å². The first-order valence-corrected chi connectivity index (χ1v) is 7.16. The standard InChI is InChI=1S/C14H22N4O/c1-2-3-4-7-15-13-10-12(16-11-17-13)14(19)18-8-5-6-9-18/h10-11H,2-9H2,1H3,(H,15,16,17). The summed E-state index contributed by atoms with van der Waals surface area (Å²) in [6.45, 7) is 4.77. The van der Waals surface area contributed by atoms with E-state index in [2.05, 4.69) is 22.2 Å². The fraction of sp³-hybridized carbons (Fsp3) is 0.643. The third-order valence-electron chi connectivity index (χ3n) is 3.37. The van der Waals surface area contributed by atoms with Gasteiger partial charge in [-0.15, -0.1) is 0 Å². The molecule has 5 heteroatoms. The molecule has 0 atom stereocenters. The van der Waals surface area contributed by atoms with Gasteiger partial charge in [-0.1, -0.05) is 19.8 Å². The van der Waals surface area contributed by atoms with E-state index in [4.69, 9.17) is 0 Å². The largest absolute Gasteiger partial charge is 0.370 e. The lowest BCUT2D eigenvalue weighted by Gasteiger charge is -2.14. The highest BCUT2D eigenvalue weighted by atomic mass is 16.2. The van der Waals surface area contributed by atoms with E-state index in [0.717, 1.165) is 44.7 Å². The highest BCUT2D eigenvalue weighted by Crippen LogP contribution is 2.13. The lowest BCUT2D eigenvalue weighted by molar-refractivity contribution is 0.0787. The van der Waals surface area contributed by atoms with Gasteiger partial charge in [0, 0.05) is 25.7 Å². The van der Waals surface area contributed by atoms with Crippen molar-refractivity contribution < 1.29 is 4.79 Å². The molecule has 1 fully saturated rings. The van der Waals surface area contributed by atoms with E-state index < -0.39 is 0 Å². The Morgan fingerprint density at radius 1 is 1.32 bits per heavy atom. The normalized spacial score (nSPS) is 14.7. The van der Waals surface area contributed by atoms with E-state index >= 15 is 0 Å². The number of hydrogen-bond acceptors (Lipinski definition) is 4. The van der Waals surface area contributed by atoms with Crippen LogP contribution in [0.3, 0.4) is 0 Å². The number of rotatable bonds is 6. The van der Waals surface area contributed by atoms with Gasteiger partial charge in [-0.05, 0) is 19.3 Å². The number of carbonyl (C=O) groups excluding carboxylic acids is 1. The summed E-state index contributed by atoms with van der Waals surface area (Å²) in [6.07, 6.45) is 7.18. The summed E-state index contributed by atoms with van der Waals surface area (Å²) in [7, 11) is 0. The summed E-state index contributed by atoms with van der Waals surface area (Å²) in [5.41, 5.74) is 0.495. The predicted octanol–water partition coefficient (Wildman–Crippen LogP) is 2.31. The van der Waals surface area contributed by atoms with Crippen molar-refractivity contribution in [3.8, 4) is 0 Å². The number of amides is 1. The van der Waals surface area contributed by atoms with Crippen LogP contribution >= 0.6 is 0 Å². The third-order valence-corrected chi connectivity index (χ3v) is 3.37. The Balaban J connectivity index is 1.92. The highest BCUT2D eigenvalue weighted by molar-refractivity contribution is 5.93. The maximum Gasteiger partial charge on any atom is 0.272 e. The Bertz CT molecular complexity index is 416. The molecule has 1 aromatic rings. The minimum absolute atomic E-state index is 0.0245. The van der Waals surface area contributed by atoms with Gasteiger partial charge < -0.3 is 10.2 Å². The predicted molar refractivity (Wildman–Crippen MR) is 75.2 cm³/mol. The molecule has 5 nitrogen and oxygen atoms in total. The average Bonchev–Trinajstić information content (AvgIpc) is 2.97.